The summed E-state index contributed by atoms with van der Waals surface area (Å²) >= 11 is 6.75. The number of unbranched alkanes of at least 4 members (excludes halogenated alkanes) is 2. The first-order valence-corrected chi connectivity index (χ1v) is 12.2. The van der Waals surface area contributed by atoms with Crippen LogP contribution in [0.2, 0.25) is 0 Å². The van der Waals surface area contributed by atoms with E-state index in [1.807, 2.05) is 19.9 Å². The van der Waals surface area contributed by atoms with Gasteiger partial charge < -0.3 is 9.64 Å². The summed E-state index contributed by atoms with van der Waals surface area (Å²) in [5.41, 5.74) is 1.04. The van der Waals surface area contributed by atoms with E-state index in [4.69, 9.17) is 17.0 Å². The molecule has 0 radical (unpaired) electrons. The molecule has 2 saturated heterocycles. The zero-order valence-electron chi connectivity index (χ0n) is 19.3. The summed E-state index contributed by atoms with van der Waals surface area (Å²) < 4.78 is 7.94. The lowest BCUT2D eigenvalue weighted by atomic mass is 10.0. The molecule has 2 aliphatic rings. The van der Waals surface area contributed by atoms with Gasteiger partial charge in [0.1, 0.15) is 21.8 Å². The number of morpholine rings is 1. The smallest absolute Gasteiger partial charge is 0.270 e. The van der Waals surface area contributed by atoms with Crippen molar-refractivity contribution in [1.82, 2.24) is 9.47 Å². The molecule has 1 aromatic rings. The van der Waals surface area contributed by atoms with Crippen molar-refractivity contribution in [3.05, 3.63) is 31.9 Å². The number of nitrogens with zero attached hydrogens (tertiary/aromatic N) is 4. The maximum absolute atomic E-state index is 13.1. The molecule has 0 N–H and O–H groups in total. The average Bonchev–Trinajstić information content (AvgIpc) is 2.99. The molecule has 0 aliphatic carbocycles. The van der Waals surface area contributed by atoms with Crippen LogP contribution in [0.3, 0.4) is 0 Å². The molecule has 1 amide bonds. The van der Waals surface area contributed by atoms with Crippen LogP contribution in [0, 0.1) is 18.3 Å². The van der Waals surface area contributed by atoms with Crippen molar-refractivity contribution in [3.63, 3.8) is 0 Å². The topological polar surface area (TPSA) is 78.6 Å². The summed E-state index contributed by atoms with van der Waals surface area (Å²) in [6.07, 6.45) is 4.80. The normalized spacial score (nSPS) is 22.7. The van der Waals surface area contributed by atoms with Crippen molar-refractivity contribution in [2.24, 2.45) is 7.05 Å². The van der Waals surface area contributed by atoms with E-state index in [-0.39, 0.29) is 29.2 Å². The molecule has 0 bridgehead atoms. The molecule has 2 fully saturated rings. The van der Waals surface area contributed by atoms with Crippen LogP contribution >= 0.6 is 24.0 Å². The molecular weight excluding hydrogens is 444 g/mol. The van der Waals surface area contributed by atoms with Crippen LogP contribution in [0.4, 0.5) is 5.82 Å². The van der Waals surface area contributed by atoms with E-state index in [9.17, 15) is 14.9 Å². The van der Waals surface area contributed by atoms with Crippen LogP contribution in [0.5, 0.6) is 0 Å². The van der Waals surface area contributed by atoms with E-state index in [0.717, 1.165) is 19.3 Å². The summed E-state index contributed by atoms with van der Waals surface area (Å²) in [6, 6.07) is 2.05. The lowest BCUT2D eigenvalue weighted by molar-refractivity contribution is -0.122. The molecule has 7 nitrogen and oxygen atoms in total. The fourth-order valence-corrected chi connectivity index (χ4v) is 5.58. The first-order valence-electron chi connectivity index (χ1n) is 11.0. The number of hydrogen-bond acceptors (Lipinski definition) is 7. The molecule has 32 heavy (non-hydrogen) atoms. The number of anilines is 1. The molecule has 1 aromatic heterocycles. The van der Waals surface area contributed by atoms with Crippen LogP contribution in [-0.2, 0) is 16.6 Å². The van der Waals surface area contributed by atoms with Crippen molar-refractivity contribution in [1.29, 1.82) is 5.26 Å². The number of thiocarbonyl (C=S) groups is 1. The maximum Gasteiger partial charge on any atom is 0.270 e. The maximum atomic E-state index is 13.1. The van der Waals surface area contributed by atoms with Crippen LogP contribution < -0.4 is 10.5 Å². The highest BCUT2D eigenvalue weighted by atomic mass is 32.2. The lowest BCUT2D eigenvalue weighted by Gasteiger charge is -2.38. The van der Waals surface area contributed by atoms with Gasteiger partial charge in [0.05, 0.1) is 17.1 Å². The average molecular weight is 475 g/mol. The molecule has 0 aromatic carbocycles. The van der Waals surface area contributed by atoms with Crippen LogP contribution in [0.1, 0.15) is 56.7 Å². The van der Waals surface area contributed by atoms with E-state index in [2.05, 4.69) is 11.8 Å². The molecule has 2 atom stereocenters. The number of carbonyl (C=O) groups excluding carboxylic acids is 1. The highest BCUT2D eigenvalue weighted by Crippen LogP contribution is 2.36. The Balaban J connectivity index is 2.10. The number of hydrogen-bond donors (Lipinski definition) is 0. The van der Waals surface area contributed by atoms with Gasteiger partial charge in [0.2, 0.25) is 0 Å². The number of aromatic nitrogens is 1. The SMILES string of the molecule is CCCCCN1C(=O)/C(=C/c2c(C)c(C#N)c(=O)n(C)c2N2CC(C)OC(C)C2)SC1=S. The zero-order valence-corrected chi connectivity index (χ0v) is 20.9. The Labute approximate surface area is 199 Å². The summed E-state index contributed by atoms with van der Waals surface area (Å²) in [6.45, 7) is 9.72. The third-order valence-corrected chi connectivity index (χ3v) is 7.20. The Morgan fingerprint density at radius 1 is 1.25 bits per heavy atom. The summed E-state index contributed by atoms with van der Waals surface area (Å²) in [4.78, 5) is 30.3. The van der Waals surface area contributed by atoms with Crippen molar-refractivity contribution < 1.29 is 9.53 Å². The summed E-state index contributed by atoms with van der Waals surface area (Å²) in [7, 11) is 1.68. The Kier molecular flexibility index (Phi) is 7.80. The Morgan fingerprint density at radius 3 is 2.50 bits per heavy atom. The standard InChI is InChI=1S/C23H30N4O3S2/c1-6-7-8-9-27-22(29)19(32-23(27)31)10-17-16(4)18(11-24)21(28)25(5)20(17)26-12-14(2)30-15(3)13-26/h10,14-15H,6-9,12-13H2,1-5H3/b19-10-. The number of thioether (sulfide) groups is 1. The monoisotopic (exact) mass is 474 g/mol. The van der Waals surface area contributed by atoms with Crippen molar-refractivity contribution in [2.45, 2.75) is 59.2 Å². The molecule has 2 unspecified atom stereocenters. The van der Waals surface area contributed by atoms with Gasteiger partial charge in [-0.2, -0.15) is 5.26 Å². The van der Waals surface area contributed by atoms with Gasteiger partial charge in [0.25, 0.3) is 11.5 Å². The number of ether oxygens (including phenoxy) is 1. The number of carbonyl (C=O) groups is 1. The Bertz CT molecular complexity index is 1050. The van der Waals surface area contributed by atoms with E-state index in [1.54, 1.807) is 24.9 Å². The highest BCUT2D eigenvalue weighted by Gasteiger charge is 2.33. The van der Waals surface area contributed by atoms with Gasteiger partial charge in [-0.1, -0.05) is 43.7 Å². The van der Waals surface area contributed by atoms with Crippen molar-refractivity contribution >= 4 is 46.1 Å². The van der Waals surface area contributed by atoms with Gasteiger partial charge in [-0.05, 0) is 38.8 Å². The van der Waals surface area contributed by atoms with Gasteiger partial charge in [0, 0.05) is 32.2 Å². The minimum absolute atomic E-state index is 0.00516. The van der Waals surface area contributed by atoms with Gasteiger partial charge in [-0.25, -0.2) is 0 Å². The second-order valence-electron chi connectivity index (χ2n) is 8.42. The molecule has 0 spiro atoms. The highest BCUT2D eigenvalue weighted by molar-refractivity contribution is 8.26. The van der Waals surface area contributed by atoms with Gasteiger partial charge >= 0.3 is 0 Å². The van der Waals surface area contributed by atoms with Gasteiger partial charge in [-0.3, -0.25) is 19.1 Å². The van der Waals surface area contributed by atoms with E-state index < -0.39 is 0 Å². The third-order valence-electron chi connectivity index (χ3n) is 5.82. The van der Waals surface area contributed by atoms with Crippen LogP contribution in [0.25, 0.3) is 6.08 Å². The van der Waals surface area contributed by atoms with E-state index in [1.165, 1.54) is 16.3 Å². The molecule has 2 aliphatic heterocycles. The minimum atomic E-state index is -0.337. The largest absolute Gasteiger partial charge is 0.372 e. The van der Waals surface area contributed by atoms with E-state index >= 15 is 0 Å². The predicted octanol–water partition coefficient (Wildman–Crippen LogP) is 3.57. The lowest BCUT2D eigenvalue weighted by Crippen LogP contribution is -2.47. The molecule has 9 heteroatoms. The minimum Gasteiger partial charge on any atom is -0.372 e. The second-order valence-corrected chi connectivity index (χ2v) is 10.1. The number of pyridine rings is 1. The third kappa shape index (κ3) is 4.77. The fraction of sp³-hybridized carbons (Fsp3) is 0.565. The second kappa shape index (κ2) is 10.2. The summed E-state index contributed by atoms with van der Waals surface area (Å²) in [5, 5.41) is 9.63. The number of nitriles is 1. The van der Waals surface area contributed by atoms with Gasteiger partial charge in [-0.15, -0.1) is 0 Å². The predicted molar refractivity (Wildman–Crippen MR) is 133 cm³/mol. The molecule has 3 heterocycles. The van der Waals surface area contributed by atoms with Crippen molar-refractivity contribution in [2.75, 3.05) is 24.5 Å². The summed E-state index contributed by atoms with van der Waals surface area (Å²) in [5.74, 6) is 0.585. The first-order chi connectivity index (χ1) is 15.2. The Hall–Kier alpha value is -2.15. The van der Waals surface area contributed by atoms with Crippen molar-refractivity contribution in [3.8, 4) is 6.07 Å². The molecule has 0 saturated carbocycles. The van der Waals surface area contributed by atoms with Gasteiger partial charge in [0.15, 0.2) is 0 Å². The zero-order chi connectivity index (χ0) is 23.6. The van der Waals surface area contributed by atoms with Crippen LogP contribution in [0.15, 0.2) is 9.70 Å². The molecule has 3 rings (SSSR count). The number of amides is 1. The van der Waals surface area contributed by atoms with Crippen LogP contribution in [-0.4, -0.2) is 51.5 Å². The fourth-order valence-electron chi connectivity index (χ4n) is 4.29. The Morgan fingerprint density at radius 2 is 1.91 bits per heavy atom. The molecule has 172 valence electrons. The quantitative estimate of drug-likeness (QED) is 0.354. The first kappa shape index (κ1) is 24.5. The number of rotatable bonds is 6. The molecular formula is C23H30N4O3S2. The van der Waals surface area contributed by atoms with E-state index in [0.29, 0.717) is 45.8 Å².